The smallest absolute Gasteiger partial charge is 0.336 e. The Hall–Kier alpha value is -8.89. The van der Waals surface area contributed by atoms with E-state index in [0.717, 1.165) is 111 Å². The number of H-pyrrole nitrogens is 2. The third-order valence-corrected chi connectivity index (χ3v) is 15.4. The van der Waals surface area contributed by atoms with Crippen LogP contribution in [0.15, 0.2) is 107 Å². The fourth-order valence-electron chi connectivity index (χ4n) is 10.9. The van der Waals surface area contributed by atoms with Gasteiger partial charge in [0.2, 0.25) is 0 Å². The zero-order valence-electron chi connectivity index (χ0n) is 51.0. The van der Waals surface area contributed by atoms with Gasteiger partial charge < -0.3 is 67.7 Å². The van der Waals surface area contributed by atoms with E-state index in [1.54, 1.807) is 44.4 Å². The Balaban J connectivity index is 0.000000190. The van der Waals surface area contributed by atoms with E-state index in [1.807, 2.05) is 108 Å². The molecule has 8 aromatic rings. The molecule has 0 unspecified atom stereocenters. The van der Waals surface area contributed by atoms with E-state index in [1.165, 1.54) is 14.2 Å². The number of carboxylic acid groups (broad SMARTS) is 1. The second-order valence-electron chi connectivity index (χ2n) is 21.1. The molecule has 454 valence electrons. The van der Waals surface area contributed by atoms with Crippen molar-refractivity contribution >= 4 is 57.7 Å². The van der Waals surface area contributed by atoms with Gasteiger partial charge in [0.05, 0.1) is 97.7 Å². The molecule has 0 saturated carbocycles. The summed E-state index contributed by atoms with van der Waals surface area (Å²) in [5, 5.41) is 12.9. The molecule has 2 saturated heterocycles. The quantitative estimate of drug-likeness (QED) is 0.0570. The average molecular weight is 1190 g/mol. The number of fused-ring (bicyclic) bond motifs is 2. The molecule has 5 N–H and O–H groups in total. The monoisotopic (exact) mass is 1190 g/mol. The molecule has 0 aliphatic carbocycles. The van der Waals surface area contributed by atoms with E-state index in [9.17, 15) is 24.3 Å². The Labute approximate surface area is 505 Å². The number of aromatic carboxylic acids is 1. The largest absolute Gasteiger partial charge is 0.496 e. The molecule has 0 bridgehead atoms. The van der Waals surface area contributed by atoms with Crippen molar-refractivity contribution in [1.29, 1.82) is 0 Å². The van der Waals surface area contributed by atoms with Gasteiger partial charge in [-0.25, -0.2) is 19.6 Å². The molecule has 0 radical (unpaired) electrons. The van der Waals surface area contributed by atoms with E-state index in [-0.39, 0.29) is 30.1 Å². The molecule has 8 aromatic heterocycles. The van der Waals surface area contributed by atoms with Crippen LogP contribution >= 0.6 is 11.8 Å². The molecular formula is C64H77ClN12O9. The molecule has 86 heavy (non-hydrogen) atoms. The summed E-state index contributed by atoms with van der Waals surface area (Å²) in [6, 6.07) is 19.4. The van der Waals surface area contributed by atoms with Crippen LogP contribution in [0.2, 0.25) is 0 Å². The van der Waals surface area contributed by atoms with Gasteiger partial charge in [0, 0.05) is 114 Å². The second-order valence-corrected chi connectivity index (χ2v) is 21.4. The normalized spacial score (nSPS) is 13.6. The van der Waals surface area contributed by atoms with Crippen LogP contribution in [0.4, 0.5) is 11.6 Å². The summed E-state index contributed by atoms with van der Waals surface area (Å²) in [5.41, 5.74) is 14.0. The summed E-state index contributed by atoms with van der Waals surface area (Å²) < 4.78 is 25.9. The molecule has 22 heteroatoms. The van der Waals surface area contributed by atoms with Gasteiger partial charge in [-0.3, -0.25) is 14.4 Å². The minimum absolute atomic E-state index is 0.0297. The van der Waals surface area contributed by atoms with Crippen LogP contribution < -0.4 is 40.5 Å². The number of morpholine rings is 2. The molecule has 0 atom stereocenters. The molecule has 2 aliphatic rings. The van der Waals surface area contributed by atoms with Crippen molar-refractivity contribution in [1.82, 2.24) is 48.7 Å². The first-order chi connectivity index (χ1) is 41.3. The summed E-state index contributed by atoms with van der Waals surface area (Å²) >= 11 is 5.32. The van der Waals surface area contributed by atoms with Gasteiger partial charge >= 0.3 is 5.97 Å². The molecule has 2 aliphatic heterocycles. The SMILES string of the molecule is CC=C(c1c(C)c(C(=O)NCc2c(OC)cc(C)[nH]c2=O)cc2c(-c3ccnc(N(C)C)c3)ccn12)N1CCOCC1.CC=C(c1c(C)c(C(=O)O)cc2c(-c3ccnc(N(C)C)c3)ccn12)N1CCOCC1.COc1cc(C)[nH]c(=O)c1CNCl. The number of aryl methyl sites for hydroxylation is 2. The van der Waals surface area contributed by atoms with E-state index < -0.39 is 5.97 Å². The maximum atomic E-state index is 13.9. The Kier molecular flexibility index (Phi) is 20.8. The number of amides is 1. The van der Waals surface area contributed by atoms with Crippen molar-refractivity contribution in [3.05, 3.63) is 174 Å². The number of nitrogens with zero attached hydrogens (tertiary/aromatic N) is 8. The van der Waals surface area contributed by atoms with Crippen LogP contribution in [0.25, 0.3) is 44.7 Å². The summed E-state index contributed by atoms with van der Waals surface area (Å²) in [7, 11) is 10.9. The molecule has 0 spiro atoms. The van der Waals surface area contributed by atoms with Crippen molar-refractivity contribution < 1.29 is 33.6 Å². The number of anilines is 2. The minimum atomic E-state index is -0.922. The number of ether oxygens (including phenoxy) is 4. The first-order valence-electron chi connectivity index (χ1n) is 28.3. The second kappa shape index (κ2) is 28.3. The van der Waals surface area contributed by atoms with Crippen LogP contribution in [-0.4, -0.2) is 151 Å². The molecular weight excluding hydrogens is 1120 g/mol. The zero-order chi connectivity index (χ0) is 61.9. The lowest BCUT2D eigenvalue weighted by Crippen LogP contribution is -2.36. The molecule has 21 nitrogen and oxygen atoms in total. The highest BCUT2D eigenvalue weighted by Crippen LogP contribution is 2.37. The van der Waals surface area contributed by atoms with E-state index in [2.05, 4.69) is 73.1 Å². The number of halogens is 1. The zero-order valence-corrected chi connectivity index (χ0v) is 51.7. The van der Waals surface area contributed by atoms with E-state index in [4.69, 9.17) is 30.7 Å². The number of hydrogen-bond donors (Lipinski definition) is 5. The molecule has 1 amide bonds. The highest BCUT2D eigenvalue weighted by molar-refractivity contribution is 6.13. The number of nitrogens with one attached hydrogen (secondary N) is 4. The topological polar surface area (TPSA) is 229 Å². The number of aromatic nitrogens is 6. The van der Waals surface area contributed by atoms with Gasteiger partial charge in [-0.05, 0) is 136 Å². The van der Waals surface area contributed by atoms with E-state index >= 15 is 0 Å². The number of methoxy groups -OCH3 is 2. The lowest BCUT2D eigenvalue weighted by molar-refractivity contribution is 0.0636. The third kappa shape index (κ3) is 13.8. The van der Waals surface area contributed by atoms with Crippen molar-refractivity contribution in [2.75, 3.05) is 105 Å². The van der Waals surface area contributed by atoms with Crippen molar-refractivity contribution in [3.8, 4) is 33.8 Å². The number of allylic oxidation sites excluding steroid dienone is 2. The Bertz CT molecular complexity index is 3940. The van der Waals surface area contributed by atoms with Gasteiger partial charge in [-0.1, -0.05) is 12.2 Å². The number of aromatic amines is 2. The first kappa shape index (κ1) is 63.1. The summed E-state index contributed by atoms with van der Waals surface area (Å²) in [6.07, 6.45) is 11.8. The van der Waals surface area contributed by atoms with Crippen LogP contribution in [-0.2, 0) is 22.6 Å². The Morgan fingerprint density at radius 1 is 0.651 bits per heavy atom. The standard InChI is InChI=1S/C32H38N6O4.C24H28N4O3.C8H11ClN2O2/c1-7-26(37-12-14-42-15-13-37)30-21(3)24(31(39)34-19-25-28(41-6)16-20(2)35-32(25)40)18-27-23(9-11-38(27)30)22-8-10-33-29(17-22)36(4)5;1-5-20(27-10-12-31-13-11-27)23-16(2)19(24(29)30)15-21-18(7-9-28(21)23)17-6-8-25-22(14-17)26(3)4;1-5-3-7(13-2)6(4-10-9)8(12)11-5/h7-11,16-18H,12-15,19H2,1-6H3,(H,34,39)(H,35,40);5-9,14-15H,10-13H2,1-4H3,(H,29,30);3,10H,4H2,1-2H3,(H,11,12). The van der Waals surface area contributed by atoms with Crippen molar-refractivity contribution in [2.45, 2.75) is 54.6 Å². The maximum absolute atomic E-state index is 13.9. The number of pyridine rings is 6. The van der Waals surface area contributed by atoms with Gasteiger partial charge in [-0.15, -0.1) is 0 Å². The Morgan fingerprint density at radius 3 is 1.47 bits per heavy atom. The first-order valence-corrected chi connectivity index (χ1v) is 28.7. The highest BCUT2D eigenvalue weighted by Gasteiger charge is 2.27. The van der Waals surface area contributed by atoms with Crippen LogP contribution in [0.1, 0.15) is 79.6 Å². The molecule has 10 heterocycles. The summed E-state index contributed by atoms with van der Waals surface area (Å²) in [5.74, 6) is 1.49. The van der Waals surface area contributed by atoms with Gasteiger partial charge in [0.1, 0.15) is 23.1 Å². The summed E-state index contributed by atoms with van der Waals surface area (Å²) in [6.45, 7) is 17.5. The van der Waals surface area contributed by atoms with Crippen molar-refractivity contribution in [3.63, 3.8) is 0 Å². The van der Waals surface area contributed by atoms with Gasteiger partial charge in [-0.2, -0.15) is 0 Å². The number of carbonyl (C=O) groups is 2. The van der Waals surface area contributed by atoms with E-state index in [0.29, 0.717) is 65.9 Å². The summed E-state index contributed by atoms with van der Waals surface area (Å²) in [4.78, 5) is 75.3. The van der Waals surface area contributed by atoms with Crippen LogP contribution in [0.3, 0.4) is 0 Å². The van der Waals surface area contributed by atoms with Crippen molar-refractivity contribution in [2.24, 2.45) is 0 Å². The molecule has 10 rings (SSSR count). The fraction of sp³-hybridized carbons (Fsp3) is 0.344. The third-order valence-electron chi connectivity index (χ3n) is 15.2. The maximum Gasteiger partial charge on any atom is 0.336 e. The number of rotatable bonds is 16. The highest BCUT2D eigenvalue weighted by atomic mass is 35.5. The lowest BCUT2D eigenvalue weighted by Gasteiger charge is -2.32. The molecule has 0 aromatic carbocycles. The lowest BCUT2D eigenvalue weighted by atomic mass is 10.0. The number of carboxylic acids is 1. The van der Waals surface area contributed by atoms with Gasteiger partial charge in [0.15, 0.2) is 0 Å². The average Bonchev–Trinajstić information content (AvgIpc) is 1.70. The molecule has 2 fully saturated rings. The van der Waals surface area contributed by atoms with Crippen LogP contribution in [0, 0.1) is 27.7 Å². The Morgan fingerprint density at radius 2 is 1.07 bits per heavy atom. The predicted octanol–water partition coefficient (Wildman–Crippen LogP) is 8.71. The fourth-order valence-corrected chi connectivity index (χ4v) is 11.0. The predicted molar refractivity (Wildman–Crippen MR) is 339 cm³/mol. The number of carbonyl (C=O) groups excluding carboxylic acids is 1. The van der Waals surface area contributed by atoms with Crippen LogP contribution in [0.5, 0.6) is 11.5 Å². The minimum Gasteiger partial charge on any atom is -0.496 e. The number of hydrogen-bond acceptors (Lipinski definition) is 15. The van der Waals surface area contributed by atoms with Gasteiger partial charge in [0.25, 0.3) is 17.0 Å².